The van der Waals surface area contributed by atoms with Gasteiger partial charge in [-0.05, 0) is 40.9 Å². The number of aromatic nitrogens is 2. The Balaban J connectivity index is 2.30. The Kier molecular flexibility index (Phi) is 3.64. The van der Waals surface area contributed by atoms with Crippen molar-refractivity contribution >= 4 is 33.3 Å². The number of nitrogens with zero attached hydrogens (tertiary/aromatic N) is 3. The predicted octanol–water partition coefficient (Wildman–Crippen LogP) is 2.33. The molecule has 2 aromatic rings. The zero-order valence-corrected chi connectivity index (χ0v) is 12.9. The van der Waals surface area contributed by atoms with E-state index < -0.39 is 0 Å². The standard InChI is InChI=1S/C13H21N5S/c1-8-6-9-10(15-7-13(2,3)18(4)5)16-12(14)17-11(9)19-8/h6H,7H2,1-5H3,(H3,14,15,16,17). The monoisotopic (exact) mass is 279 g/mol. The first-order chi connectivity index (χ1) is 8.79. The summed E-state index contributed by atoms with van der Waals surface area (Å²) in [6.45, 7) is 7.22. The minimum Gasteiger partial charge on any atom is -0.368 e. The molecule has 0 aliphatic carbocycles. The Hall–Kier alpha value is -1.40. The molecule has 104 valence electrons. The fourth-order valence-corrected chi connectivity index (χ4v) is 2.54. The second kappa shape index (κ2) is 4.94. The summed E-state index contributed by atoms with van der Waals surface area (Å²) in [4.78, 5) is 12.9. The fourth-order valence-electron chi connectivity index (χ4n) is 1.65. The van der Waals surface area contributed by atoms with Crippen LogP contribution in [0.5, 0.6) is 0 Å². The summed E-state index contributed by atoms with van der Waals surface area (Å²) in [5, 5.41) is 4.44. The number of rotatable bonds is 4. The minimum atomic E-state index is 0.0388. The molecule has 0 aliphatic heterocycles. The Bertz CT molecular complexity index is 588. The van der Waals surface area contributed by atoms with Crippen molar-refractivity contribution in [3.8, 4) is 0 Å². The molecule has 0 fully saturated rings. The van der Waals surface area contributed by atoms with Gasteiger partial charge in [0.25, 0.3) is 0 Å². The summed E-state index contributed by atoms with van der Waals surface area (Å²) in [6.07, 6.45) is 0. The summed E-state index contributed by atoms with van der Waals surface area (Å²) in [5.41, 5.74) is 5.81. The lowest BCUT2D eigenvalue weighted by Crippen LogP contribution is -2.44. The predicted molar refractivity (Wildman–Crippen MR) is 82.8 cm³/mol. The van der Waals surface area contributed by atoms with E-state index in [4.69, 9.17) is 5.73 Å². The summed E-state index contributed by atoms with van der Waals surface area (Å²) in [6, 6.07) is 2.10. The number of hydrogen-bond acceptors (Lipinski definition) is 6. The van der Waals surface area contributed by atoms with E-state index in [2.05, 4.69) is 61.1 Å². The summed E-state index contributed by atoms with van der Waals surface area (Å²) >= 11 is 1.64. The van der Waals surface area contributed by atoms with Gasteiger partial charge in [-0.1, -0.05) is 0 Å². The number of nitrogens with one attached hydrogen (secondary N) is 1. The Morgan fingerprint density at radius 1 is 1.37 bits per heavy atom. The number of hydrogen-bond donors (Lipinski definition) is 2. The highest BCUT2D eigenvalue weighted by molar-refractivity contribution is 7.18. The molecule has 2 aromatic heterocycles. The highest BCUT2D eigenvalue weighted by Gasteiger charge is 2.21. The van der Waals surface area contributed by atoms with Crippen molar-refractivity contribution < 1.29 is 0 Å². The minimum absolute atomic E-state index is 0.0388. The maximum atomic E-state index is 5.77. The van der Waals surface area contributed by atoms with Crippen molar-refractivity contribution in [2.45, 2.75) is 26.3 Å². The fraction of sp³-hybridized carbons (Fsp3) is 0.538. The van der Waals surface area contributed by atoms with Crippen LogP contribution in [0, 0.1) is 6.92 Å². The molecule has 0 unspecified atom stereocenters. The third-order valence-electron chi connectivity index (χ3n) is 3.43. The van der Waals surface area contributed by atoms with E-state index in [1.165, 1.54) is 4.88 Å². The number of aryl methyl sites for hydroxylation is 1. The molecule has 0 atom stereocenters. The van der Waals surface area contributed by atoms with Crippen LogP contribution >= 0.6 is 11.3 Å². The third-order valence-corrected chi connectivity index (χ3v) is 4.38. The molecule has 6 heteroatoms. The van der Waals surface area contributed by atoms with Gasteiger partial charge < -0.3 is 16.0 Å². The van der Waals surface area contributed by atoms with Gasteiger partial charge in [-0.25, -0.2) is 4.98 Å². The lowest BCUT2D eigenvalue weighted by molar-refractivity contribution is 0.210. The zero-order valence-electron chi connectivity index (χ0n) is 12.1. The lowest BCUT2D eigenvalue weighted by Gasteiger charge is -2.32. The average molecular weight is 279 g/mol. The van der Waals surface area contributed by atoms with E-state index in [0.717, 1.165) is 22.6 Å². The third kappa shape index (κ3) is 2.96. The van der Waals surface area contributed by atoms with Crippen molar-refractivity contribution in [3.63, 3.8) is 0 Å². The van der Waals surface area contributed by atoms with Gasteiger partial charge in [0, 0.05) is 17.0 Å². The van der Waals surface area contributed by atoms with Crippen LogP contribution in [0.3, 0.4) is 0 Å². The first kappa shape index (κ1) is 14.0. The SMILES string of the molecule is Cc1cc2c(NCC(C)(C)N(C)C)nc(N)nc2s1. The van der Waals surface area contributed by atoms with Gasteiger partial charge in [0.1, 0.15) is 10.6 Å². The van der Waals surface area contributed by atoms with Crippen LogP contribution in [0.15, 0.2) is 6.07 Å². The van der Waals surface area contributed by atoms with Crippen LogP contribution in [0.1, 0.15) is 18.7 Å². The van der Waals surface area contributed by atoms with Crippen LogP contribution in [0.4, 0.5) is 11.8 Å². The molecular formula is C13H21N5S. The molecule has 0 saturated carbocycles. The molecule has 0 amide bonds. The topological polar surface area (TPSA) is 67.1 Å². The van der Waals surface area contributed by atoms with Crippen molar-refractivity contribution in [1.29, 1.82) is 0 Å². The van der Waals surface area contributed by atoms with Crippen LogP contribution in [-0.4, -0.2) is 41.0 Å². The van der Waals surface area contributed by atoms with Gasteiger partial charge in [0.05, 0.1) is 5.39 Å². The molecule has 5 nitrogen and oxygen atoms in total. The van der Waals surface area contributed by atoms with E-state index in [0.29, 0.717) is 5.95 Å². The van der Waals surface area contributed by atoms with E-state index >= 15 is 0 Å². The zero-order chi connectivity index (χ0) is 14.2. The molecule has 0 saturated heterocycles. The molecule has 0 bridgehead atoms. The highest BCUT2D eigenvalue weighted by Crippen LogP contribution is 2.29. The second-order valence-corrected chi connectivity index (χ2v) is 6.80. The van der Waals surface area contributed by atoms with Gasteiger partial charge in [0.2, 0.25) is 5.95 Å². The first-order valence-electron chi connectivity index (χ1n) is 6.24. The maximum absolute atomic E-state index is 5.77. The molecule has 2 heterocycles. The van der Waals surface area contributed by atoms with Gasteiger partial charge in [-0.15, -0.1) is 11.3 Å². The maximum Gasteiger partial charge on any atom is 0.223 e. The number of thiophene rings is 1. The highest BCUT2D eigenvalue weighted by atomic mass is 32.1. The molecule has 2 rings (SSSR count). The summed E-state index contributed by atoms with van der Waals surface area (Å²) < 4.78 is 0. The van der Waals surface area contributed by atoms with Crippen molar-refractivity contribution in [1.82, 2.24) is 14.9 Å². The molecule has 3 N–H and O–H groups in total. The van der Waals surface area contributed by atoms with Gasteiger partial charge >= 0.3 is 0 Å². The van der Waals surface area contributed by atoms with Crippen LogP contribution < -0.4 is 11.1 Å². The van der Waals surface area contributed by atoms with Gasteiger partial charge in [-0.2, -0.15) is 4.98 Å². The average Bonchev–Trinajstić information content (AvgIpc) is 2.66. The number of fused-ring (bicyclic) bond motifs is 1. The van der Waals surface area contributed by atoms with Gasteiger partial charge in [0.15, 0.2) is 0 Å². The summed E-state index contributed by atoms with van der Waals surface area (Å²) in [5.74, 6) is 1.14. The van der Waals surface area contributed by atoms with Crippen LogP contribution in [0.25, 0.3) is 10.2 Å². The normalized spacial score (nSPS) is 12.3. The Labute approximate surface area is 117 Å². The van der Waals surface area contributed by atoms with E-state index in [-0.39, 0.29) is 5.54 Å². The summed E-state index contributed by atoms with van der Waals surface area (Å²) in [7, 11) is 4.14. The number of nitrogen functional groups attached to an aromatic ring is 1. The van der Waals surface area contributed by atoms with E-state index in [1.807, 2.05) is 0 Å². The molecule has 19 heavy (non-hydrogen) atoms. The second-order valence-electron chi connectivity index (χ2n) is 5.57. The Morgan fingerprint density at radius 3 is 2.68 bits per heavy atom. The quantitative estimate of drug-likeness (QED) is 0.899. The van der Waals surface area contributed by atoms with Crippen LogP contribution in [-0.2, 0) is 0 Å². The van der Waals surface area contributed by atoms with Crippen molar-refractivity contribution in [3.05, 3.63) is 10.9 Å². The Morgan fingerprint density at radius 2 is 2.05 bits per heavy atom. The molecular weight excluding hydrogens is 258 g/mol. The largest absolute Gasteiger partial charge is 0.368 e. The van der Waals surface area contributed by atoms with Crippen LogP contribution in [0.2, 0.25) is 0 Å². The number of likely N-dealkylation sites (N-methyl/N-ethyl adjacent to an activating group) is 1. The molecule has 0 aromatic carbocycles. The molecule has 0 radical (unpaired) electrons. The van der Waals surface area contributed by atoms with Crippen molar-refractivity contribution in [2.75, 3.05) is 31.7 Å². The smallest absolute Gasteiger partial charge is 0.223 e. The number of nitrogens with two attached hydrogens (primary N) is 1. The van der Waals surface area contributed by atoms with E-state index in [9.17, 15) is 0 Å². The van der Waals surface area contributed by atoms with Gasteiger partial charge in [-0.3, -0.25) is 0 Å². The van der Waals surface area contributed by atoms with Crippen molar-refractivity contribution in [2.24, 2.45) is 0 Å². The molecule has 0 aliphatic rings. The first-order valence-corrected chi connectivity index (χ1v) is 7.06. The number of anilines is 2. The lowest BCUT2D eigenvalue weighted by atomic mass is 10.0. The molecule has 0 spiro atoms. The van der Waals surface area contributed by atoms with E-state index in [1.54, 1.807) is 11.3 Å².